The van der Waals surface area contributed by atoms with Gasteiger partial charge in [0.05, 0.1) is 20.0 Å². The third-order valence-corrected chi connectivity index (χ3v) is 2.92. The summed E-state index contributed by atoms with van der Waals surface area (Å²) in [4.78, 5) is 22.3. The van der Waals surface area contributed by atoms with Crippen LogP contribution in [0.1, 0.15) is 32.1 Å². The minimum Gasteiger partial charge on any atom is -0.501 e. The fraction of sp³-hybridized carbons (Fsp3) is 0.667. The fourth-order valence-corrected chi connectivity index (χ4v) is 1.47. The third-order valence-electron chi connectivity index (χ3n) is 2.37. The van der Waals surface area contributed by atoms with Crippen LogP contribution in [-0.4, -0.2) is 29.8 Å². The molecule has 0 aromatic heterocycles. The maximum atomic E-state index is 11.4. The lowest BCUT2D eigenvalue weighted by atomic mass is 10.1. The first-order valence-electron chi connectivity index (χ1n) is 5.73. The van der Waals surface area contributed by atoms with Crippen LogP contribution >= 0.6 is 34.8 Å². The molecule has 0 amide bonds. The minimum atomic E-state index is -1.96. The van der Waals surface area contributed by atoms with Crippen molar-refractivity contribution in [3.63, 3.8) is 0 Å². The van der Waals surface area contributed by atoms with Crippen molar-refractivity contribution in [2.75, 3.05) is 14.2 Å². The maximum Gasteiger partial charge on any atom is 0.305 e. The van der Waals surface area contributed by atoms with Crippen LogP contribution in [-0.2, 0) is 19.1 Å². The molecule has 0 N–H and O–H groups in total. The molecule has 0 rings (SSSR count). The van der Waals surface area contributed by atoms with Crippen LogP contribution in [0, 0.1) is 0 Å². The van der Waals surface area contributed by atoms with Gasteiger partial charge in [-0.1, -0.05) is 41.2 Å². The number of rotatable bonds is 8. The number of carbonyl (C=O) groups is 2. The standard InChI is InChI=1S/C12H17Cl3O4/c1-18-9(8-10(16)12(13,14)15)6-4-3-5-7-11(17)19-2/h8H,3-7H2,1-2H3/b9-8-. The zero-order chi connectivity index (χ0) is 14.9. The Bertz CT molecular complexity index is 334. The highest BCUT2D eigenvalue weighted by Crippen LogP contribution is 2.28. The Kier molecular flexibility index (Phi) is 9.23. The molecule has 0 aliphatic carbocycles. The molecule has 0 aliphatic heterocycles. The van der Waals surface area contributed by atoms with Gasteiger partial charge in [0.2, 0.25) is 5.78 Å². The van der Waals surface area contributed by atoms with Gasteiger partial charge in [0.1, 0.15) is 0 Å². The number of methoxy groups -OCH3 is 2. The lowest BCUT2D eigenvalue weighted by Gasteiger charge is -2.09. The minimum absolute atomic E-state index is 0.228. The molecule has 0 unspecified atom stereocenters. The summed E-state index contributed by atoms with van der Waals surface area (Å²) >= 11 is 16.3. The Morgan fingerprint density at radius 3 is 2.05 bits per heavy atom. The van der Waals surface area contributed by atoms with Crippen molar-refractivity contribution in [3.8, 4) is 0 Å². The van der Waals surface area contributed by atoms with Crippen LogP contribution in [0.4, 0.5) is 0 Å². The average molecular weight is 332 g/mol. The van der Waals surface area contributed by atoms with E-state index in [-0.39, 0.29) is 5.97 Å². The molecule has 7 heteroatoms. The lowest BCUT2D eigenvalue weighted by molar-refractivity contribution is -0.140. The molecule has 0 radical (unpaired) electrons. The predicted molar refractivity (Wildman–Crippen MR) is 75.5 cm³/mol. The van der Waals surface area contributed by atoms with Gasteiger partial charge in [-0.3, -0.25) is 9.59 Å². The number of halogens is 3. The average Bonchev–Trinajstić information content (AvgIpc) is 2.35. The molecule has 0 fully saturated rings. The van der Waals surface area contributed by atoms with Crippen LogP contribution in [0.2, 0.25) is 0 Å². The first-order valence-corrected chi connectivity index (χ1v) is 6.87. The Hall–Kier alpha value is -0.450. The molecule has 0 heterocycles. The van der Waals surface area contributed by atoms with E-state index in [1.807, 2.05) is 0 Å². The van der Waals surface area contributed by atoms with Gasteiger partial charge in [-0.25, -0.2) is 0 Å². The summed E-state index contributed by atoms with van der Waals surface area (Å²) in [6.45, 7) is 0. The summed E-state index contributed by atoms with van der Waals surface area (Å²) in [6.07, 6.45) is 4.43. The summed E-state index contributed by atoms with van der Waals surface area (Å²) < 4.78 is 7.60. The van der Waals surface area contributed by atoms with Gasteiger partial charge < -0.3 is 9.47 Å². The second kappa shape index (κ2) is 9.45. The summed E-state index contributed by atoms with van der Waals surface area (Å²) in [5.74, 6) is -0.410. The van der Waals surface area contributed by atoms with Crippen molar-refractivity contribution in [2.45, 2.75) is 35.9 Å². The molecule has 4 nitrogen and oxygen atoms in total. The van der Waals surface area contributed by atoms with Crippen molar-refractivity contribution in [2.24, 2.45) is 0 Å². The maximum absolute atomic E-state index is 11.4. The summed E-state index contributed by atoms with van der Waals surface area (Å²) in [5, 5.41) is 0. The lowest BCUT2D eigenvalue weighted by Crippen LogP contribution is -2.16. The normalized spacial score (nSPS) is 12.2. The first kappa shape index (κ1) is 18.6. The molecular weight excluding hydrogens is 314 g/mol. The summed E-state index contributed by atoms with van der Waals surface area (Å²) in [7, 11) is 2.81. The number of esters is 1. The van der Waals surface area contributed by atoms with E-state index in [4.69, 9.17) is 39.5 Å². The monoisotopic (exact) mass is 330 g/mol. The number of ether oxygens (including phenoxy) is 2. The molecule has 0 aromatic carbocycles. The van der Waals surface area contributed by atoms with Crippen molar-refractivity contribution in [1.29, 1.82) is 0 Å². The summed E-state index contributed by atoms with van der Waals surface area (Å²) in [5.41, 5.74) is 0. The molecule has 0 saturated heterocycles. The van der Waals surface area contributed by atoms with Crippen LogP contribution < -0.4 is 0 Å². The predicted octanol–water partition coefficient (Wildman–Crippen LogP) is 3.58. The van der Waals surface area contributed by atoms with E-state index in [1.54, 1.807) is 0 Å². The molecule has 0 spiro atoms. The topological polar surface area (TPSA) is 52.6 Å². The largest absolute Gasteiger partial charge is 0.501 e. The van der Waals surface area contributed by atoms with Gasteiger partial charge in [-0.15, -0.1) is 0 Å². The van der Waals surface area contributed by atoms with Gasteiger partial charge >= 0.3 is 5.97 Å². The molecular formula is C12H17Cl3O4. The Labute approximate surface area is 128 Å². The van der Waals surface area contributed by atoms with E-state index >= 15 is 0 Å². The molecule has 0 aromatic rings. The number of alkyl halides is 3. The number of ketones is 1. The third kappa shape index (κ3) is 9.14. The Morgan fingerprint density at radius 2 is 1.58 bits per heavy atom. The molecule has 0 saturated carbocycles. The number of carbonyl (C=O) groups excluding carboxylic acids is 2. The van der Waals surface area contributed by atoms with Crippen molar-refractivity contribution in [1.82, 2.24) is 0 Å². The van der Waals surface area contributed by atoms with E-state index in [1.165, 1.54) is 20.3 Å². The number of hydrogen-bond acceptors (Lipinski definition) is 4. The molecule has 110 valence electrons. The van der Waals surface area contributed by atoms with Gasteiger partial charge in [-0.05, 0) is 12.8 Å². The van der Waals surface area contributed by atoms with Crippen LogP contribution in [0.15, 0.2) is 11.8 Å². The highest BCUT2D eigenvalue weighted by molar-refractivity contribution is 6.77. The van der Waals surface area contributed by atoms with Crippen molar-refractivity contribution >= 4 is 46.6 Å². The van der Waals surface area contributed by atoms with Crippen molar-refractivity contribution < 1.29 is 19.1 Å². The van der Waals surface area contributed by atoms with E-state index in [0.717, 1.165) is 19.3 Å². The van der Waals surface area contributed by atoms with E-state index < -0.39 is 9.58 Å². The second-order valence-corrected chi connectivity index (χ2v) is 6.09. The SMILES string of the molecule is COC(=O)CCCCC/C(=C/C(=O)C(Cl)(Cl)Cl)OC. The van der Waals surface area contributed by atoms with E-state index in [2.05, 4.69) is 4.74 Å². The van der Waals surface area contributed by atoms with E-state index in [0.29, 0.717) is 18.6 Å². The fourth-order valence-electron chi connectivity index (χ4n) is 1.31. The summed E-state index contributed by atoms with van der Waals surface area (Å²) in [6, 6.07) is 0. The van der Waals surface area contributed by atoms with Gasteiger partial charge in [0.25, 0.3) is 3.79 Å². The first-order chi connectivity index (χ1) is 8.81. The van der Waals surface area contributed by atoms with Crippen LogP contribution in [0.3, 0.4) is 0 Å². The van der Waals surface area contributed by atoms with Crippen molar-refractivity contribution in [3.05, 3.63) is 11.8 Å². The molecule has 19 heavy (non-hydrogen) atoms. The molecule has 0 aliphatic rings. The quantitative estimate of drug-likeness (QED) is 0.224. The van der Waals surface area contributed by atoms with Gasteiger partial charge in [-0.2, -0.15) is 0 Å². The molecule has 0 bridgehead atoms. The van der Waals surface area contributed by atoms with Gasteiger partial charge in [0.15, 0.2) is 0 Å². The van der Waals surface area contributed by atoms with Gasteiger partial charge in [0, 0.05) is 18.9 Å². The highest BCUT2D eigenvalue weighted by atomic mass is 35.6. The van der Waals surface area contributed by atoms with Crippen LogP contribution in [0.25, 0.3) is 0 Å². The number of hydrogen-bond donors (Lipinski definition) is 0. The zero-order valence-electron chi connectivity index (χ0n) is 10.9. The second-order valence-electron chi connectivity index (χ2n) is 3.81. The number of unbranched alkanes of at least 4 members (excludes halogenated alkanes) is 2. The Balaban J connectivity index is 4.05. The Morgan fingerprint density at radius 1 is 1.00 bits per heavy atom. The zero-order valence-corrected chi connectivity index (χ0v) is 13.1. The van der Waals surface area contributed by atoms with E-state index in [9.17, 15) is 9.59 Å². The van der Waals surface area contributed by atoms with Crippen LogP contribution in [0.5, 0.6) is 0 Å². The smallest absolute Gasteiger partial charge is 0.305 e. The highest BCUT2D eigenvalue weighted by Gasteiger charge is 2.28. The number of allylic oxidation sites excluding steroid dienone is 2. The molecule has 0 atom stereocenters.